The second-order valence-corrected chi connectivity index (χ2v) is 8.20. The average Bonchev–Trinajstić information content (AvgIpc) is 2.70. The van der Waals surface area contributed by atoms with Gasteiger partial charge in [0.15, 0.2) is 6.04 Å². The van der Waals surface area contributed by atoms with E-state index in [1.54, 1.807) is 24.3 Å². The standard InChI is InChI=1S/C18H19ClN4O6S/c1-29-13-7-4-11(18(26)23-15(16(20)24)17(21)25)8-14(13)30(27,28)22-9-10-2-5-12(19)6-3-10/h2-8,15,22H,9H2,1H3,(H2,20,24)(H2,21,25)(H,23,26). The van der Waals surface area contributed by atoms with E-state index in [1.165, 1.54) is 19.2 Å². The van der Waals surface area contributed by atoms with Crippen LogP contribution in [0.3, 0.4) is 0 Å². The van der Waals surface area contributed by atoms with Crippen LogP contribution in [0.2, 0.25) is 5.02 Å². The fourth-order valence-corrected chi connectivity index (χ4v) is 3.72. The Morgan fingerprint density at radius 3 is 2.20 bits per heavy atom. The van der Waals surface area contributed by atoms with E-state index in [2.05, 4.69) is 10.0 Å². The van der Waals surface area contributed by atoms with Crippen molar-refractivity contribution in [2.75, 3.05) is 7.11 Å². The Balaban J connectivity index is 2.30. The molecule has 0 fully saturated rings. The Morgan fingerprint density at radius 1 is 1.07 bits per heavy atom. The minimum Gasteiger partial charge on any atom is -0.495 e. The van der Waals surface area contributed by atoms with Gasteiger partial charge in [0.1, 0.15) is 10.6 Å². The van der Waals surface area contributed by atoms with Gasteiger partial charge in [0.25, 0.3) is 5.91 Å². The Hall–Kier alpha value is -3.15. The van der Waals surface area contributed by atoms with Crippen LogP contribution in [-0.4, -0.2) is 39.3 Å². The van der Waals surface area contributed by atoms with Crippen LogP contribution < -0.4 is 26.2 Å². The van der Waals surface area contributed by atoms with Crippen molar-refractivity contribution < 1.29 is 27.5 Å². The van der Waals surface area contributed by atoms with E-state index in [9.17, 15) is 22.8 Å². The molecule has 0 aliphatic heterocycles. The van der Waals surface area contributed by atoms with Gasteiger partial charge < -0.3 is 21.5 Å². The molecule has 0 aliphatic carbocycles. The SMILES string of the molecule is COc1ccc(C(=O)NC(C(N)=O)C(N)=O)cc1S(=O)(=O)NCc1ccc(Cl)cc1. The first-order valence-corrected chi connectivity index (χ1v) is 10.2. The number of nitrogens with two attached hydrogens (primary N) is 2. The van der Waals surface area contributed by atoms with Crippen molar-refractivity contribution in [3.8, 4) is 5.75 Å². The second-order valence-electron chi connectivity index (χ2n) is 6.03. The van der Waals surface area contributed by atoms with E-state index in [1.807, 2.05) is 0 Å². The number of carbonyl (C=O) groups excluding carboxylic acids is 3. The number of primary amides is 2. The molecule has 6 N–H and O–H groups in total. The Bertz CT molecular complexity index is 1060. The molecule has 0 aromatic heterocycles. The predicted octanol–water partition coefficient (Wildman–Crippen LogP) is -0.104. The summed E-state index contributed by atoms with van der Waals surface area (Å²) < 4.78 is 33.0. The lowest BCUT2D eigenvalue weighted by Gasteiger charge is -2.14. The number of methoxy groups -OCH3 is 1. The van der Waals surface area contributed by atoms with Crippen LogP contribution in [0.15, 0.2) is 47.4 Å². The number of ether oxygens (including phenoxy) is 1. The van der Waals surface area contributed by atoms with Gasteiger partial charge in [-0.05, 0) is 35.9 Å². The molecule has 0 saturated heterocycles. The van der Waals surface area contributed by atoms with Gasteiger partial charge in [-0.25, -0.2) is 13.1 Å². The summed E-state index contributed by atoms with van der Waals surface area (Å²) in [5.74, 6) is -3.24. The highest BCUT2D eigenvalue weighted by Gasteiger charge is 2.26. The quantitative estimate of drug-likeness (QED) is 0.385. The van der Waals surface area contributed by atoms with Crippen LogP contribution in [0, 0.1) is 0 Å². The van der Waals surface area contributed by atoms with Crippen molar-refractivity contribution in [2.45, 2.75) is 17.5 Å². The fourth-order valence-electron chi connectivity index (χ4n) is 2.38. The largest absolute Gasteiger partial charge is 0.495 e. The molecule has 2 aromatic carbocycles. The summed E-state index contributed by atoms with van der Waals surface area (Å²) in [6.07, 6.45) is 0. The van der Waals surface area contributed by atoms with Crippen LogP contribution >= 0.6 is 11.6 Å². The third kappa shape index (κ3) is 5.69. The summed E-state index contributed by atoms with van der Waals surface area (Å²) in [5.41, 5.74) is 10.5. The van der Waals surface area contributed by atoms with E-state index in [0.29, 0.717) is 10.6 Å². The molecule has 30 heavy (non-hydrogen) atoms. The number of halogens is 1. The van der Waals surface area contributed by atoms with E-state index in [0.717, 1.165) is 6.07 Å². The van der Waals surface area contributed by atoms with Gasteiger partial charge in [-0.2, -0.15) is 0 Å². The third-order valence-corrected chi connectivity index (χ3v) is 5.61. The maximum atomic E-state index is 12.8. The summed E-state index contributed by atoms with van der Waals surface area (Å²) in [4.78, 5) is 34.5. The molecule has 0 spiro atoms. The smallest absolute Gasteiger partial charge is 0.252 e. The predicted molar refractivity (Wildman–Crippen MR) is 108 cm³/mol. The van der Waals surface area contributed by atoms with E-state index >= 15 is 0 Å². The topological polar surface area (TPSA) is 171 Å². The zero-order chi connectivity index (χ0) is 22.5. The summed E-state index contributed by atoms with van der Waals surface area (Å²) in [5, 5.41) is 2.56. The molecule has 0 atom stereocenters. The molecule has 3 amide bonds. The molecule has 0 bridgehead atoms. The highest BCUT2D eigenvalue weighted by molar-refractivity contribution is 7.89. The lowest BCUT2D eigenvalue weighted by atomic mass is 10.1. The van der Waals surface area contributed by atoms with Crippen molar-refractivity contribution in [3.63, 3.8) is 0 Å². The van der Waals surface area contributed by atoms with Gasteiger partial charge >= 0.3 is 0 Å². The molecule has 0 unspecified atom stereocenters. The Kier molecular flexibility index (Phi) is 7.38. The molecule has 12 heteroatoms. The van der Waals surface area contributed by atoms with Gasteiger partial charge in [0.2, 0.25) is 21.8 Å². The van der Waals surface area contributed by atoms with Crippen LogP contribution in [0.25, 0.3) is 0 Å². The number of sulfonamides is 1. The van der Waals surface area contributed by atoms with Crippen molar-refractivity contribution >= 4 is 39.3 Å². The number of rotatable bonds is 9. The molecular formula is C18H19ClN4O6S. The lowest BCUT2D eigenvalue weighted by molar-refractivity contribution is -0.128. The summed E-state index contributed by atoms with van der Waals surface area (Å²) in [7, 11) is -2.83. The number of carbonyl (C=O) groups is 3. The number of hydrogen-bond donors (Lipinski definition) is 4. The lowest BCUT2D eigenvalue weighted by Crippen LogP contribution is -2.52. The van der Waals surface area contributed by atoms with E-state index in [4.69, 9.17) is 27.8 Å². The maximum Gasteiger partial charge on any atom is 0.252 e. The summed E-state index contributed by atoms with van der Waals surface area (Å²) in [6.45, 7) is -0.0372. The van der Waals surface area contributed by atoms with Crippen molar-refractivity contribution in [1.29, 1.82) is 0 Å². The van der Waals surface area contributed by atoms with Gasteiger partial charge in [-0.15, -0.1) is 0 Å². The molecular weight excluding hydrogens is 436 g/mol. The van der Waals surface area contributed by atoms with Gasteiger partial charge in [0, 0.05) is 17.1 Å². The normalized spacial score (nSPS) is 11.2. The minimum atomic E-state index is -4.10. The Morgan fingerprint density at radius 2 is 1.67 bits per heavy atom. The van der Waals surface area contributed by atoms with Crippen LogP contribution in [0.1, 0.15) is 15.9 Å². The first-order chi connectivity index (χ1) is 14.0. The molecule has 0 saturated carbocycles. The van der Waals surface area contributed by atoms with Crippen molar-refractivity contribution in [3.05, 3.63) is 58.6 Å². The van der Waals surface area contributed by atoms with Crippen molar-refractivity contribution in [2.24, 2.45) is 11.5 Å². The monoisotopic (exact) mass is 454 g/mol. The molecule has 2 rings (SSSR count). The average molecular weight is 455 g/mol. The summed E-state index contributed by atoms with van der Waals surface area (Å²) >= 11 is 5.81. The number of hydrogen-bond acceptors (Lipinski definition) is 6. The maximum absolute atomic E-state index is 12.8. The van der Waals surface area contributed by atoms with Crippen LogP contribution in [0.4, 0.5) is 0 Å². The first kappa shape index (κ1) is 23.1. The Labute approximate surface area is 177 Å². The van der Waals surface area contributed by atoms with Crippen LogP contribution in [0.5, 0.6) is 5.75 Å². The molecule has 0 radical (unpaired) electrons. The fraction of sp³-hybridized carbons (Fsp3) is 0.167. The van der Waals surface area contributed by atoms with E-state index < -0.39 is 33.8 Å². The van der Waals surface area contributed by atoms with E-state index in [-0.39, 0.29) is 22.8 Å². The zero-order valence-corrected chi connectivity index (χ0v) is 17.3. The molecule has 10 nitrogen and oxygen atoms in total. The third-order valence-electron chi connectivity index (χ3n) is 3.94. The van der Waals surface area contributed by atoms with Gasteiger partial charge in [-0.3, -0.25) is 14.4 Å². The second kappa shape index (κ2) is 9.57. The summed E-state index contributed by atoms with van der Waals surface area (Å²) in [6, 6.07) is 8.34. The van der Waals surface area contributed by atoms with Gasteiger partial charge in [-0.1, -0.05) is 23.7 Å². The van der Waals surface area contributed by atoms with Crippen molar-refractivity contribution in [1.82, 2.24) is 10.0 Å². The minimum absolute atomic E-state index is 0.0171. The number of amides is 3. The number of nitrogens with one attached hydrogen (secondary N) is 2. The molecule has 0 aliphatic rings. The molecule has 0 heterocycles. The first-order valence-electron chi connectivity index (χ1n) is 8.37. The molecule has 2 aromatic rings. The highest BCUT2D eigenvalue weighted by atomic mass is 35.5. The highest BCUT2D eigenvalue weighted by Crippen LogP contribution is 2.25. The zero-order valence-electron chi connectivity index (χ0n) is 15.7. The number of benzene rings is 2. The molecule has 160 valence electrons. The van der Waals surface area contributed by atoms with Crippen LogP contribution in [-0.2, 0) is 26.2 Å². The van der Waals surface area contributed by atoms with Gasteiger partial charge in [0.05, 0.1) is 7.11 Å².